The van der Waals surface area contributed by atoms with Crippen molar-refractivity contribution in [2.45, 2.75) is 13.8 Å². The molecule has 4 nitrogen and oxygen atoms in total. The number of thiophene rings is 1. The SMILES string of the molecule is CCN(CCO)C(=O)c1cc(C)c(C#CCN)s1. The first kappa shape index (κ1) is 14.7. The molecule has 1 amide bonds. The molecule has 1 aromatic heterocycles. The average Bonchev–Trinajstić information content (AvgIpc) is 2.74. The van der Waals surface area contributed by atoms with Crippen LogP contribution in [-0.2, 0) is 0 Å². The lowest BCUT2D eigenvalue weighted by Crippen LogP contribution is -2.32. The van der Waals surface area contributed by atoms with Crippen molar-refractivity contribution in [3.8, 4) is 11.8 Å². The van der Waals surface area contributed by atoms with Gasteiger partial charge in [-0.15, -0.1) is 11.3 Å². The van der Waals surface area contributed by atoms with Crippen molar-refractivity contribution in [1.29, 1.82) is 0 Å². The minimum atomic E-state index is -0.0551. The summed E-state index contributed by atoms with van der Waals surface area (Å²) in [7, 11) is 0. The molecule has 5 heteroatoms. The van der Waals surface area contributed by atoms with Crippen LogP contribution in [0.4, 0.5) is 0 Å². The minimum Gasteiger partial charge on any atom is -0.395 e. The van der Waals surface area contributed by atoms with E-state index in [4.69, 9.17) is 10.8 Å². The van der Waals surface area contributed by atoms with Crippen LogP contribution in [-0.4, -0.2) is 42.2 Å². The van der Waals surface area contributed by atoms with Gasteiger partial charge in [0.1, 0.15) is 0 Å². The molecular formula is C13H18N2O2S. The maximum Gasteiger partial charge on any atom is 0.264 e. The molecule has 98 valence electrons. The van der Waals surface area contributed by atoms with E-state index in [-0.39, 0.29) is 12.5 Å². The number of rotatable bonds is 4. The molecule has 0 fully saturated rings. The Kier molecular flexibility index (Phi) is 5.86. The maximum atomic E-state index is 12.2. The highest BCUT2D eigenvalue weighted by Crippen LogP contribution is 2.22. The molecule has 1 heterocycles. The Balaban J connectivity index is 2.93. The van der Waals surface area contributed by atoms with Crippen molar-refractivity contribution in [1.82, 2.24) is 4.90 Å². The molecule has 1 aromatic rings. The van der Waals surface area contributed by atoms with Crippen LogP contribution in [0.25, 0.3) is 0 Å². The highest BCUT2D eigenvalue weighted by molar-refractivity contribution is 7.14. The number of carbonyl (C=O) groups excluding carboxylic acids is 1. The average molecular weight is 266 g/mol. The van der Waals surface area contributed by atoms with E-state index in [2.05, 4.69) is 11.8 Å². The first-order chi connectivity index (χ1) is 8.63. The number of hydrogen-bond acceptors (Lipinski definition) is 4. The van der Waals surface area contributed by atoms with Gasteiger partial charge in [0.25, 0.3) is 5.91 Å². The van der Waals surface area contributed by atoms with Crippen molar-refractivity contribution in [3.05, 3.63) is 21.4 Å². The Hall–Kier alpha value is -1.35. The number of aryl methyl sites for hydroxylation is 1. The van der Waals surface area contributed by atoms with Gasteiger partial charge in [0.15, 0.2) is 0 Å². The summed E-state index contributed by atoms with van der Waals surface area (Å²) in [6.45, 7) is 5.05. The molecule has 0 unspecified atom stereocenters. The fourth-order valence-corrected chi connectivity index (χ4v) is 2.54. The van der Waals surface area contributed by atoms with Crippen LogP contribution in [0, 0.1) is 18.8 Å². The Morgan fingerprint density at radius 1 is 1.61 bits per heavy atom. The molecule has 0 saturated heterocycles. The Morgan fingerprint density at radius 3 is 2.89 bits per heavy atom. The largest absolute Gasteiger partial charge is 0.395 e. The normalized spacial score (nSPS) is 9.78. The zero-order valence-corrected chi connectivity index (χ0v) is 11.5. The monoisotopic (exact) mass is 266 g/mol. The van der Waals surface area contributed by atoms with Crippen LogP contribution >= 0.6 is 11.3 Å². The molecular weight excluding hydrogens is 248 g/mol. The molecule has 0 aliphatic rings. The Bertz CT molecular complexity index is 471. The molecule has 0 radical (unpaired) electrons. The number of nitrogens with zero attached hydrogens (tertiary/aromatic N) is 1. The number of carbonyl (C=O) groups is 1. The summed E-state index contributed by atoms with van der Waals surface area (Å²) in [5.41, 5.74) is 6.32. The molecule has 0 spiro atoms. The fourth-order valence-electron chi connectivity index (χ4n) is 1.52. The van der Waals surface area contributed by atoms with Gasteiger partial charge in [-0.2, -0.15) is 0 Å². The predicted molar refractivity (Wildman–Crippen MR) is 73.7 cm³/mol. The molecule has 0 atom stereocenters. The third kappa shape index (κ3) is 3.57. The van der Waals surface area contributed by atoms with E-state index in [0.29, 0.717) is 24.5 Å². The zero-order chi connectivity index (χ0) is 13.5. The summed E-state index contributed by atoms with van der Waals surface area (Å²) in [6.07, 6.45) is 0. The molecule has 0 aromatic carbocycles. The fraction of sp³-hybridized carbons (Fsp3) is 0.462. The third-order valence-electron chi connectivity index (χ3n) is 2.47. The van der Waals surface area contributed by atoms with Gasteiger partial charge >= 0.3 is 0 Å². The van der Waals surface area contributed by atoms with Gasteiger partial charge in [-0.3, -0.25) is 4.79 Å². The highest BCUT2D eigenvalue weighted by atomic mass is 32.1. The Labute approximate surface area is 111 Å². The lowest BCUT2D eigenvalue weighted by Gasteiger charge is -2.18. The van der Waals surface area contributed by atoms with E-state index in [1.165, 1.54) is 11.3 Å². The zero-order valence-electron chi connectivity index (χ0n) is 10.7. The van der Waals surface area contributed by atoms with E-state index >= 15 is 0 Å². The highest BCUT2D eigenvalue weighted by Gasteiger charge is 2.17. The first-order valence-electron chi connectivity index (χ1n) is 5.83. The van der Waals surface area contributed by atoms with E-state index in [1.54, 1.807) is 4.90 Å². The van der Waals surface area contributed by atoms with Gasteiger partial charge in [-0.25, -0.2) is 0 Å². The molecule has 1 rings (SSSR count). The van der Waals surface area contributed by atoms with E-state index < -0.39 is 0 Å². The van der Waals surface area contributed by atoms with Gasteiger partial charge < -0.3 is 15.7 Å². The number of aliphatic hydroxyl groups excluding tert-OH is 1. The van der Waals surface area contributed by atoms with Gasteiger partial charge in [0, 0.05) is 13.1 Å². The molecule has 0 aliphatic carbocycles. The number of nitrogens with two attached hydrogens (primary N) is 1. The van der Waals surface area contributed by atoms with Crippen LogP contribution in [0.2, 0.25) is 0 Å². The second-order valence-corrected chi connectivity index (χ2v) is 4.79. The van der Waals surface area contributed by atoms with Crippen molar-refractivity contribution >= 4 is 17.2 Å². The summed E-state index contributed by atoms with van der Waals surface area (Å²) >= 11 is 1.38. The standard InChI is InChI=1S/C13H18N2O2S/c1-3-15(7-8-16)13(17)12-9-10(2)11(18-12)5-4-6-14/h9,16H,3,6-8,14H2,1-2H3. The summed E-state index contributed by atoms with van der Waals surface area (Å²) in [4.78, 5) is 15.3. The first-order valence-corrected chi connectivity index (χ1v) is 6.65. The summed E-state index contributed by atoms with van der Waals surface area (Å²) in [5, 5.41) is 8.91. The second kappa shape index (κ2) is 7.17. The number of hydrogen-bond donors (Lipinski definition) is 2. The number of likely N-dealkylation sites (N-methyl/N-ethyl adjacent to an activating group) is 1. The molecule has 3 N–H and O–H groups in total. The van der Waals surface area contributed by atoms with Gasteiger partial charge in [-0.05, 0) is 25.5 Å². The molecule has 0 saturated carbocycles. The van der Waals surface area contributed by atoms with Gasteiger partial charge in [-0.1, -0.05) is 11.8 Å². The van der Waals surface area contributed by atoms with Crippen molar-refractivity contribution in [2.75, 3.05) is 26.2 Å². The molecule has 18 heavy (non-hydrogen) atoms. The molecule has 0 aliphatic heterocycles. The van der Waals surface area contributed by atoms with E-state index in [0.717, 1.165) is 10.4 Å². The lowest BCUT2D eigenvalue weighted by molar-refractivity contribution is 0.0737. The van der Waals surface area contributed by atoms with Gasteiger partial charge in [0.2, 0.25) is 0 Å². The van der Waals surface area contributed by atoms with E-state index in [1.807, 2.05) is 19.9 Å². The summed E-state index contributed by atoms with van der Waals surface area (Å²) in [6, 6.07) is 1.84. The maximum absolute atomic E-state index is 12.2. The van der Waals surface area contributed by atoms with Crippen LogP contribution in [0.3, 0.4) is 0 Å². The predicted octanol–water partition coefficient (Wildman–Crippen LogP) is 0.821. The summed E-state index contributed by atoms with van der Waals surface area (Å²) < 4.78 is 0. The van der Waals surface area contributed by atoms with E-state index in [9.17, 15) is 4.79 Å². The second-order valence-electron chi connectivity index (χ2n) is 3.74. The van der Waals surface area contributed by atoms with Crippen LogP contribution < -0.4 is 5.73 Å². The number of amides is 1. The van der Waals surface area contributed by atoms with Crippen LogP contribution in [0.1, 0.15) is 27.0 Å². The summed E-state index contributed by atoms with van der Waals surface area (Å²) in [5.74, 6) is 5.69. The number of aliphatic hydroxyl groups is 1. The van der Waals surface area contributed by atoms with Crippen LogP contribution in [0.5, 0.6) is 0 Å². The topological polar surface area (TPSA) is 66.6 Å². The lowest BCUT2D eigenvalue weighted by atomic mass is 10.2. The van der Waals surface area contributed by atoms with Crippen molar-refractivity contribution < 1.29 is 9.90 Å². The van der Waals surface area contributed by atoms with Crippen LogP contribution in [0.15, 0.2) is 6.07 Å². The smallest absolute Gasteiger partial charge is 0.264 e. The minimum absolute atomic E-state index is 0.0240. The Morgan fingerprint density at radius 2 is 2.33 bits per heavy atom. The van der Waals surface area contributed by atoms with Crippen molar-refractivity contribution in [3.63, 3.8) is 0 Å². The van der Waals surface area contributed by atoms with Gasteiger partial charge in [0.05, 0.1) is 22.9 Å². The van der Waals surface area contributed by atoms with Crippen molar-refractivity contribution in [2.24, 2.45) is 5.73 Å². The quantitative estimate of drug-likeness (QED) is 0.793. The third-order valence-corrected chi connectivity index (χ3v) is 3.61. The molecule has 0 bridgehead atoms.